The first-order valence-electron chi connectivity index (χ1n) is 10.2. The molecule has 1 saturated heterocycles. The lowest BCUT2D eigenvalue weighted by Crippen LogP contribution is -2.52. The first-order valence-corrected chi connectivity index (χ1v) is 10.2. The quantitative estimate of drug-likeness (QED) is 0.702. The van der Waals surface area contributed by atoms with Gasteiger partial charge < -0.3 is 15.4 Å². The highest BCUT2D eigenvalue weighted by Gasteiger charge is 2.60. The van der Waals surface area contributed by atoms with Gasteiger partial charge in [-0.15, -0.1) is 0 Å². The van der Waals surface area contributed by atoms with Crippen LogP contribution < -0.4 is 20.7 Å². The summed E-state index contributed by atoms with van der Waals surface area (Å²) in [6.45, 7) is 4.20. The fourth-order valence-corrected chi connectivity index (χ4v) is 4.66. The third-order valence-corrected chi connectivity index (χ3v) is 5.92. The van der Waals surface area contributed by atoms with E-state index in [2.05, 4.69) is 29.8 Å². The minimum absolute atomic E-state index is 0.0309. The van der Waals surface area contributed by atoms with E-state index in [0.717, 1.165) is 6.42 Å². The normalized spacial score (nSPS) is 24.8. The number of hydrogen-bond acceptors (Lipinski definition) is 4. The molecule has 0 saturated carbocycles. The van der Waals surface area contributed by atoms with Crippen molar-refractivity contribution >= 4 is 23.2 Å². The van der Waals surface area contributed by atoms with Gasteiger partial charge in [0, 0.05) is 23.0 Å². The molecule has 2 amide bonds. The number of nitrogens with one attached hydrogen (secondary N) is 3. The number of fused-ring (bicyclic) bond motifs is 2. The highest BCUT2D eigenvalue weighted by atomic mass is 19.1. The minimum atomic E-state index is -1.28. The Hall–Kier alpha value is -2.93. The molecule has 2 aromatic rings. The van der Waals surface area contributed by atoms with Gasteiger partial charge in [-0.05, 0) is 61.2 Å². The predicted molar refractivity (Wildman–Crippen MR) is 113 cm³/mol. The Kier molecular flexibility index (Phi) is 5.24. The summed E-state index contributed by atoms with van der Waals surface area (Å²) in [4.78, 5) is 26.5. The van der Waals surface area contributed by atoms with Crippen molar-refractivity contribution in [2.24, 2.45) is 11.8 Å². The van der Waals surface area contributed by atoms with Crippen LogP contribution in [-0.4, -0.2) is 25.0 Å². The Morgan fingerprint density at radius 1 is 1.27 bits per heavy atom. The van der Waals surface area contributed by atoms with Gasteiger partial charge in [-0.3, -0.25) is 14.9 Å². The largest absolute Gasteiger partial charge is 0.497 e. The number of halogens is 1. The Morgan fingerprint density at radius 3 is 2.67 bits per heavy atom. The van der Waals surface area contributed by atoms with E-state index in [4.69, 9.17) is 4.74 Å². The summed E-state index contributed by atoms with van der Waals surface area (Å²) < 4.78 is 19.3. The van der Waals surface area contributed by atoms with Gasteiger partial charge in [-0.2, -0.15) is 0 Å². The average molecular weight is 411 g/mol. The summed E-state index contributed by atoms with van der Waals surface area (Å²) in [6, 6.07) is 11.2. The molecule has 2 aliphatic heterocycles. The molecular weight excluding hydrogens is 385 g/mol. The van der Waals surface area contributed by atoms with E-state index in [-0.39, 0.29) is 17.9 Å². The lowest BCUT2D eigenvalue weighted by Gasteiger charge is -2.29. The molecule has 0 aliphatic carbocycles. The van der Waals surface area contributed by atoms with Crippen molar-refractivity contribution in [1.29, 1.82) is 0 Å². The van der Waals surface area contributed by atoms with Crippen LogP contribution in [0.1, 0.15) is 32.3 Å². The van der Waals surface area contributed by atoms with Gasteiger partial charge in [0.1, 0.15) is 17.1 Å². The highest BCUT2D eigenvalue weighted by Crippen LogP contribution is 2.48. The molecule has 3 N–H and O–H groups in total. The number of benzene rings is 2. The maximum absolute atomic E-state index is 14.1. The van der Waals surface area contributed by atoms with Crippen molar-refractivity contribution in [3.63, 3.8) is 0 Å². The van der Waals surface area contributed by atoms with Gasteiger partial charge in [0.2, 0.25) is 11.8 Å². The monoisotopic (exact) mass is 411 g/mol. The van der Waals surface area contributed by atoms with Crippen molar-refractivity contribution in [3.8, 4) is 5.75 Å². The third kappa shape index (κ3) is 3.43. The van der Waals surface area contributed by atoms with Crippen molar-refractivity contribution in [3.05, 3.63) is 53.8 Å². The van der Waals surface area contributed by atoms with Crippen LogP contribution in [0.3, 0.4) is 0 Å². The number of methoxy groups -OCH3 is 1. The summed E-state index contributed by atoms with van der Waals surface area (Å²) >= 11 is 0. The average Bonchev–Trinajstić information content (AvgIpc) is 3.21. The van der Waals surface area contributed by atoms with E-state index in [0.29, 0.717) is 35.0 Å². The van der Waals surface area contributed by atoms with Crippen LogP contribution in [0.25, 0.3) is 0 Å². The molecule has 2 aliphatic rings. The Morgan fingerprint density at radius 2 is 2.00 bits per heavy atom. The molecule has 6 nitrogen and oxygen atoms in total. The molecule has 1 spiro atoms. The Labute approximate surface area is 175 Å². The predicted octanol–water partition coefficient (Wildman–Crippen LogP) is 3.64. The zero-order chi connectivity index (χ0) is 21.5. The summed E-state index contributed by atoms with van der Waals surface area (Å²) in [6.07, 6.45) is 1.30. The first-order chi connectivity index (χ1) is 14.3. The molecule has 0 bridgehead atoms. The molecule has 0 radical (unpaired) electrons. The van der Waals surface area contributed by atoms with Gasteiger partial charge in [0.25, 0.3) is 0 Å². The molecular formula is C23H26FN3O3. The number of anilines is 2. The molecule has 7 heteroatoms. The van der Waals surface area contributed by atoms with Crippen LogP contribution in [0, 0.1) is 17.7 Å². The lowest BCUT2D eigenvalue weighted by molar-refractivity contribution is -0.130. The van der Waals surface area contributed by atoms with Crippen molar-refractivity contribution in [2.75, 3.05) is 17.7 Å². The van der Waals surface area contributed by atoms with Gasteiger partial charge in [0.05, 0.1) is 13.0 Å². The van der Waals surface area contributed by atoms with E-state index >= 15 is 0 Å². The van der Waals surface area contributed by atoms with Gasteiger partial charge >= 0.3 is 0 Å². The smallest absolute Gasteiger partial charge is 0.250 e. The number of hydrogen-bond donors (Lipinski definition) is 3. The van der Waals surface area contributed by atoms with Crippen LogP contribution in [-0.2, 0) is 15.1 Å². The van der Waals surface area contributed by atoms with E-state index in [1.807, 2.05) is 0 Å². The number of amides is 2. The highest BCUT2D eigenvalue weighted by molar-refractivity contribution is 6.10. The second-order valence-electron chi connectivity index (χ2n) is 8.43. The molecule has 30 heavy (non-hydrogen) atoms. The Bertz CT molecular complexity index is 976. The second-order valence-corrected chi connectivity index (χ2v) is 8.43. The van der Waals surface area contributed by atoms with E-state index in [1.54, 1.807) is 37.4 Å². The summed E-state index contributed by atoms with van der Waals surface area (Å²) in [7, 11) is 1.58. The molecule has 158 valence electrons. The summed E-state index contributed by atoms with van der Waals surface area (Å²) in [5.41, 5.74) is 0.365. The molecule has 2 aromatic carbocycles. The fraction of sp³-hybridized carbons (Fsp3) is 0.391. The summed E-state index contributed by atoms with van der Waals surface area (Å²) in [5, 5.41) is 9.15. The number of carbonyl (C=O) groups is 2. The maximum Gasteiger partial charge on any atom is 0.250 e. The van der Waals surface area contributed by atoms with Gasteiger partial charge in [0.15, 0.2) is 0 Å². The molecule has 1 fully saturated rings. The van der Waals surface area contributed by atoms with Gasteiger partial charge in [-0.25, -0.2) is 4.39 Å². The topological polar surface area (TPSA) is 79.5 Å². The van der Waals surface area contributed by atoms with Crippen LogP contribution in [0.5, 0.6) is 5.75 Å². The van der Waals surface area contributed by atoms with Crippen LogP contribution in [0.2, 0.25) is 0 Å². The third-order valence-electron chi connectivity index (χ3n) is 5.92. The second kappa shape index (κ2) is 7.72. The molecule has 3 atom stereocenters. The number of rotatable bonds is 5. The SMILES string of the molecule is COc1ccc(NC(=O)C2CC(CC(C)C)NC23C(=O)Nc2ccc(F)cc23)cc1. The molecule has 2 heterocycles. The first kappa shape index (κ1) is 20.3. The fourth-order valence-electron chi connectivity index (χ4n) is 4.66. The van der Waals surface area contributed by atoms with E-state index < -0.39 is 17.3 Å². The van der Waals surface area contributed by atoms with Crippen molar-refractivity contribution < 1.29 is 18.7 Å². The molecule has 3 unspecified atom stereocenters. The lowest BCUT2D eigenvalue weighted by atomic mass is 9.79. The minimum Gasteiger partial charge on any atom is -0.497 e. The number of carbonyl (C=O) groups excluding carboxylic acids is 2. The Balaban J connectivity index is 1.69. The van der Waals surface area contributed by atoms with Crippen LogP contribution in [0.15, 0.2) is 42.5 Å². The zero-order valence-corrected chi connectivity index (χ0v) is 17.3. The summed E-state index contributed by atoms with van der Waals surface area (Å²) in [5.74, 6) is -0.627. The van der Waals surface area contributed by atoms with Crippen LogP contribution in [0.4, 0.5) is 15.8 Å². The standard InChI is InChI=1S/C23H26FN3O3/c1-13(2)10-16-12-19(21(28)25-15-5-7-17(30-3)8-6-15)23(27-16)18-11-14(24)4-9-20(18)26-22(23)29/h4-9,11,13,16,19,27H,10,12H2,1-3H3,(H,25,28)(H,26,29). The van der Waals surface area contributed by atoms with Gasteiger partial charge in [-0.1, -0.05) is 13.8 Å². The zero-order valence-electron chi connectivity index (χ0n) is 17.3. The molecule has 4 rings (SSSR count). The van der Waals surface area contributed by atoms with Crippen molar-refractivity contribution in [1.82, 2.24) is 5.32 Å². The van der Waals surface area contributed by atoms with Crippen LogP contribution >= 0.6 is 0 Å². The van der Waals surface area contributed by atoms with Crippen molar-refractivity contribution in [2.45, 2.75) is 38.3 Å². The maximum atomic E-state index is 14.1. The molecule has 0 aromatic heterocycles. The number of ether oxygens (including phenoxy) is 1. The van der Waals surface area contributed by atoms with E-state index in [1.165, 1.54) is 12.1 Å². The van der Waals surface area contributed by atoms with E-state index in [9.17, 15) is 14.0 Å².